The molecule has 0 spiro atoms. The van der Waals surface area contributed by atoms with Crippen molar-refractivity contribution in [2.24, 2.45) is 0 Å². The maximum absolute atomic E-state index is 13.5. The molecule has 0 atom stereocenters. The Bertz CT molecular complexity index is 1710. The number of carbonyl (C=O) groups excluding carboxylic acids is 1. The molecule has 0 bridgehead atoms. The van der Waals surface area contributed by atoms with Crippen LogP contribution in [0.15, 0.2) is 58.2 Å². The fraction of sp³-hybridized carbons (Fsp3) is 0.120. The van der Waals surface area contributed by atoms with Gasteiger partial charge in [-0.3, -0.25) is 14.2 Å². The zero-order valence-electron chi connectivity index (χ0n) is 18.0. The summed E-state index contributed by atoms with van der Waals surface area (Å²) in [5.74, 6) is -0.583. The molecule has 1 N–H and O–H groups in total. The molecule has 0 radical (unpaired) electrons. The van der Waals surface area contributed by atoms with E-state index in [1.807, 2.05) is 0 Å². The summed E-state index contributed by atoms with van der Waals surface area (Å²) in [7, 11) is -4.80. The molecule has 0 saturated heterocycles. The van der Waals surface area contributed by atoms with Crippen molar-refractivity contribution in [3.63, 3.8) is 0 Å². The van der Waals surface area contributed by atoms with Crippen molar-refractivity contribution in [1.82, 2.24) is 4.57 Å². The number of aromatic nitrogens is 1. The van der Waals surface area contributed by atoms with Gasteiger partial charge in [0.25, 0.3) is 5.56 Å². The fourth-order valence-corrected chi connectivity index (χ4v) is 5.95. The van der Waals surface area contributed by atoms with E-state index in [4.69, 9.17) is 0 Å². The standard InChI is InChI=1S/C25H19NO6S/c1-12-10-13(2)25(33(30,31)32)14(3)23(12)26-18-8-9-19(27)22-21(18)17(11-20(26)28)15-6-4-5-7-16(15)24(22)29/h4-11,27H,1-3H3,(H,30,31,32)/p-1. The summed E-state index contributed by atoms with van der Waals surface area (Å²) < 4.78 is 37.3. The van der Waals surface area contributed by atoms with Gasteiger partial charge in [-0.25, -0.2) is 8.42 Å². The van der Waals surface area contributed by atoms with Crippen LogP contribution in [-0.4, -0.2) is 28.4 Å². The summed E-state index contributed by atoms with van der Waals surface area (Å²) in [6, 6.07) is 12.6. The Balaban J connectivity index is 2.01. The third-order valence-electron chi connectivity index (χ3n) is 6.18. The van der Waals surface area contributed by atoms with Gasteiger partial charge in [0, 0.05) is 17.0 Å². The molecular formula is C25H18NO6S-. The highest BCUT2D eigenvalue weighted by Gasteiger charge is 2.30. The number of phenols is 1. The van der Waals surface area contributed by atoms with E-state index in [1.165, 1.54) is 36.6 Å². The van der Waals surface area contributed by atoms with Gasteiger partial charge < -0.3 is 9.66 Å². The van der Waals surface area contributed by atoms with Crippen LogP contribution in [-0.2, 0) is 10.1 Å². The van der Waals surface area contributed by atoms with E-state index < -0.39 is 15.7 Å². The van der Waals surface area contributed by atoms with Gasteiger partial charge in [0.1, 0.15) is 15.9 Å². The average Bonchev–Trinajstić information content (AvgIpc) is 2.72. The highest BCUT2D eigenvalue weighted by atomic mass is 32.2. The third kappa shape index (κ3) is 2.88. The molecule has 8 heteroatoms. The van der Waals surface area contributed by atoms with Crippen molar-refractivity contribution in [2.75, 3.05) is 0 Å². The number of nitrogens with zero attached hydrogens (tertiary/aromatic N) is 1. The summed E-state index contributed by atoms with van der Waals surface area (Å²) in [5.41, 5.74) is 2.71. The van der Waals surface area contributed by atoms with Gasteiger partial charge in [0.15, 0.2) is 5.78 Å². The Kier molecular flexibility index (Phi) is 4.40. The second kappa shape index (κ2) is 6.87. The maximum atomic E-state index is 13.5. The lowest BCUT2D eigenvalue weighted by molar-refractivity contribution is 0.103. The Morgan fingerprint density at radius 1 is 0.879 bits per heavy atom. The first-order valence-electron chi connectivity index (χ1n) is 10.1. The number of ketones is 1. The molecule has 5 rings (SSSR count). The molecule has 1 aliphatic rings. The van der Waals surface area contributed by atoms with Crippen LogP contribution in [0.25, 0.3) is 27.7 Å². The molecule has 0 unspecified atom stereocenters. The summed E-state index contributed by atoms with van der Waals surface area (Å²) in [6.07, 6.45) is 0. The van der Waals surface area contributed by atoms with E-state index in [1.54, 1.807) is 37.3 Å². The molecule has 1 aliphatic carbocycles. The van der Waals surface area contributed by atoms with Gasteiger partial charge in [0.05, 0.1) is 21.7 Å². The van der Waals surface area contributed by atoms with Crippen molar-refractivity contribution < 1.29 is 22.9 Å². The molecule has 0 amide bonds. The molecule has 0 saturated carbocycles. The van der Waals surface area contributed by atoms with Gasteiger partial charge in [-0.1, -0.05) is 30.3 Å². The maximum Gasteiger partial charge on any atom is 0.256 e. The molecule has 1 aromatic heterocycles. The molecule has 0 fully saturated rings. The fourth-order valence-electron chi connectivity index (χ4n) is 5.03. The topological polar surface area (TPSA) is 116 Å². The van der Waals surface area contributed by atoms with E-state index in [0.29, 0.717) is 38.7 Å². The van der Waals surface area contributed by atoms with Crippen molar-refractivity contribution in [3.8, 4) is 22.6 Å². The second-order valence-corrected chi connectivity index (χ2v) is 9.54. The zero-order chi connectivity index (χ0) is 23.8. The van der Waals surface area contributed by atoms with E-state index in [2.05, 4.69) is 0 Å². The van der Waals surface area contributed by atoms with Crippen LogP contribution in [0.2, 0.25) is 0 Å². The van der Waals surface area contributed by atoms with Crippen LogP contribution in [0.1, 0.15) is 32.6 Å². The SMILES string of the molecule is Cc1cc(C)c(S(=O)(=O)[O-])c(C)c1-n1c(=O)cc2c3c(c(O)ccc31)C(=O)c1ccccc1-2. The Morgan fingerprint density at radius 2 is 1.55 bits per heavy atom. The molecule has 33 heavy (non-hydrogen) atoms. The van der Waals surface area contributed by atoms with Crippen LogP contribution in [0.4, 0.5) is 0 Å². The van der Waals surface area contributed by atoms with E-state index >= 15 is 0 Å². The summed E-state index contributed by atoms with van der Waals surface area (Å²) in [5, 5.41) is 11.0. The summed E-state index contributed by atoms with van der Waals surface area (Å²) in [4.78, 5) is 26.3. The lowest BCUT2D eigenvalue weighted by atomic mass is 9.83. The molecule has 3 aromatic carbocycles. The predicted octanol–water partition coefficient (Wildman–Crippen LogP) is 3.74. The van der Waals surface area contributed by atoms with Crippen LogP contribution in [0.5, 0.6) is 5.75 Å². The smallest absolute Gasteiger partial charge is 0.256 e. The van der Waals surface area contributed by atoms with Crippen LogP contribution in [0.3, 0.4) is 0 Å². The number of hydrogen-bond donors (Lipinski definition) is 1. The average molecular weight is 460 g/mol. The first kappa shape index (κ1) is 21.1. The van der Waals surface area contributed by atoms with Gasteiger partial charge in [-0.05, 0) is 60.7 Å². The van der Waals surface area contributed by atoms with Crippen LogP contribution < -0.4 is 5.56 Å². The van der Waals surface area contributed by atoms with Crippen molar-refractivity contribution in [3.05, 3.63) is 86.7 Å². The molecule has 166 valence electrons. The number of hydrogen-bond acceptors (Lipinski definition) is 6. The minimum absolute atomic E-state index is 0.0778. The van der Waals surface area contributed by atoms with Gasteiger partial charge in [0.2, 0.25) is 0 Å². The number of fused-ring (bicyclic) bond motifs is 2. The van der Waals surface area contributed by atoms with E-state index in [9.17, 15) is 27.7 Å². The van der Waals surface area contributed by atoms with Gasteiger partial charge >= 0.3 is 0 Å². The molecule has 0 aliphatic heterocycles. The van der Waals surface area contributed by atoms with E-state index in [0.717, 1.165) is 0 Å². The molecule has 7 nitrogen and oxygen atoms in total. The summed E-state index contributed by atoms with van der Waals surface area (Å²) >= 11 is 0. The number of pyridine rings is 1. The normalized spacial score (nSPS) is 12.8. The van der Waals surface area contributed by atoms with Crippen molar-refractivity contribution >= 4 is 26.8 Å². The monoisotopic (exact) mass is 460 g/mol. The highest BCUT2D eigenvalue weighted by molar-refractivity contribution is 7.85. The largest absolute Gasteiger partial charge is 0.744 e. The van der Waals surface area contributed by atoms with Crippen LogP contribution >= 0.6 is 0 Å². The number of phenolic OH excluding ortho intramolecular Hbond substituents is 1. The Morgan fingerprint density at radius 3 is 2.21 bits per heavy atom. The number of benzene rings is 3. The lowest BCUT2D eigenvalue weighted by Crippen LogP contribution is -2.23. The lowest BCUT2D eigenvalue weighted by Gasteiger charge is -2.25. The van der Waals surface area contributed by atoms with Gasteiger partial charge in [-0.2, -0.15) is 0 Å². The van der Waals surface area contributed by atoms with Gasteiger partial charge in [-0.15, -0.1) is 0 Å². The minimum Gasteiger partial charge on any atom is -0.744 e. The third-order valence-corrected chi connectivity index (χ3v) is 7.31. The van der Waals surface area contributed by atoms with Crippen LogP contribution in [0, 0.1) is 20.8 Å². The first-order valence-corrected chi connectivity index (χ1v) is 11.6. The Hall–Kier alpha value is -3.75. The number of aromatic hydroxyl groups is 1. The van der Waals surface area contributed by atoms with Crippen molar-refractivity contribution in [2.45, 2.75) is 25.7 Å². The highest BCUT2D eigenvalue weighted by Crippen LogP contribution is 2.42. The first-order chi connectivity index (χ1) is 15.5. The van der Waals surface area contributed by atoms with E-state index in [-0.39, 0.29) is 33.2 Å². The number of rotatable bonds is 2. The number of aryl methyl sites for hydroxylation is 2. The zero-order valence-corrected chi connectivity index (χ0v) is 18.8. The predicted molar refractivity (Wildman–Crippen MR) is 122 cm³/mol. The molecule has 4 aromatic rings. The molecule has 1 heterocycles. The minimum atomic E-state index is -4.80. The Labute approximate surface area is 189 Å². The molecular weight excluding hydrogens is 442 g/mol. The van der Waals surface area contributed by atoms with Crippen molar-refractivity contribution in [1.29, 1.82) is 0 Å². The number of carbonyl (C=O) groups is 1. The summed E-state index contributed by atoms with van der Waals surface area (Å²) in [6.45, 7) is 4.74. The second-order valence-electron chi connectivity index (χ2n) is 8.23. The quantitative estimate of drug-likeness (QED) is 0.401.